The SMILES string of the molecule is CCCCNC(=O)C(C)N(Cc1cccc(Cl)c1)C(=O)CN(c1ccc(C)cc1)S(=O)(=O)c1ccc(SC)cc1. The molecule has 7 nitrogen and oxygen atoms in total. The maximum Gasteiger partial charge on any atom is 0.264 e. The molecule has 1 atom stereocenters. The number of carbonyl (C=O) groups excluding carboxylic acids is 2. The second-order valence-electron chi connectivity index (χ2n) is 9.49. The number of unbranched alkanes of at least 4 members (excludes halogenated alkanes) is 1. The summed E-state index contributed by atoms with van der Waals surface area (Å²) in [5.74, 6) is -0.816. The van der Waals surface area contributed by atoms with Crippen molar-refractivity contribution in [1.82, 2.24) is 10.2 Å². The zero-order chi connectivity index (χ0) is 29.3. The van der Waals surface area contributed by atoms with E-state index in [0.29, 0.717) is 17.3 Å². The number of benzene rings is 3. The highest BCUT2D eigenvalue weighted by Gasteiger charge is 2.32. The summed E-state index contributed by atoms with van der Waals surface area (Å²) >= 11 is 7.70. The van der Waals surface area contributed by atoms with E-state index in [9.17, 15) is 18.0 Å². The van der Waals surface area contributed by atoms with Crippen molar-refractivity contribution >= 4 is 50.9 Å². The fourth-order valence-corrected chi connectivity index (χ4v) is 6.10. The average molecular weight is 602 g/mol. The molecule has 0 saturated carbocycles. The van der Waals surface area contributed by atoms with E-state index in [2.05, 4.69) is 5.32 Å². The minimum Gasteiger partial charge on any atom is -0.354 e. The molecule has 1 unspecified atom stereocenters. The van der Waals surface area contributed by atoms with Crippen LogP contribution in [0.5, 0.6) is 0 Å². The Morgan fingerprint density at radius 3 is 2.30 bits per heavy atom. The van der Waals surface area contributed by atoms with Crippen molar-refractivity contribution in [2.75, 3.05) is 23.7 Å². The molecule has 0 aliphatic rings. The van der Waals surface area contributed by atoms with Crippen LogP contribution in [0.25, 0.3) is 0 Å². The van der Waals surface area contributed by atoms with Gasteiger partial charge in [-0.15, -0.1) is 11.8 Å². The molecule has 0 saturated heterocycles. The summed E-state index contributed by atoms with van der Waals surface area (Å²) in [4.78, 5) is 29.4. The van der Waals surface area contributed by atoms with E-state index in [1.165, 1.54) is 16.7 Å². The summed E-state index contributed by atoms with van der Waals surface area (Å²) in [6.07, 6.45) is 3.64. The molecule has 0 bridgehead atoms. The van der Waals surface area contributed by atoms with Gasteiger partial charge >= 0.3 is 0 Å². The molecule has 3 rings (SSSR count). The monoisotopic (exact) mass is 601 g/mol. The largest absolute Gasteiger partial charge is 0.354 e. The van der Waals surface area contributed by atoms with Gasteiger partial charge < -0.3 is 10.2 Å². The van der Waals surface area contributed by atoms with Crippen LogP contribution in [0.2, 0.25) is 5.02 Å². The zero-order valence-electron chi connectivity index (χ0n) is 23.3. The second-order valence-corrected chi connectivity index (χ2v) is 12.7. The van der Waals surface area contributed by atoms with Gasteiger partial charge in [-0.2, -0.15) is 0 Å². The van der Waals surface area contributed by atoms with Crippen molar-refractivity contribution in [3.05, 3.63) is 88.9 Å². The molecule has 0 aliphatic heterocycles. The fraction of sp³-hybridized carbons (Fsp3) is 0.333. The Balaban J connectivity index is 2.00. The third-order valence-electron chi connectivity index (χ3n) is 6.49. The summed E-state index contributed by atoms with van der Waals surface area (Å²) in [6.45, 7) is 5.68. The molecule has 0 spiro atoms. The van der Waals surface area contributed by atoms with E-state index in [1.54, 1.807) is 73.7 Å². The van der Waals surface area contributed by atoms with Crippen LogP contribution in [-0.4, -0.2) is 50.5 Å². The maximum absolute atomic E-state index is 13.9. The minimum absolute atomic E-state index is 0.0745. The molecule has 2 amide bonds. The number of aryl methyl sites for hydroxylation is 1. The van der Waals surface area contributed by atoms with Crippen molar-refractivity contribution < 1.29 is 18.0 Å². The van der Waals surface area contributed by atoms with Crippen molar-refractivity contribution in [2.24, 2.45) is 0 Å². The van der Waals surface area contributed by atoms with Crippen LogP contribution < -0.4 is 9.62 Å². The molecule has 0 radical (unpaired) electrons. The first-order valence-electron chi connectivity index (χ1n) is 13.1. The van der Waals surface area contributed by atoms with Gasteiger partial charge in [-0.05, 0) is 80.6 Å². The summed E-state index contributed by atoms with van der Waals surface area (Å²) in [6, 6.07) is 19.7. The van der Waals surface area contributed by atoms with Gasteiger partial charge in [-0.25, -0.2) is 8.42 Å². The molecule has 0 aromatic heterocycles. The molecule has 0 fully saturated rings. The van der Waals surface area contributed by atoms with E-state index in [4.69, 9.17) is 11.6 Å². The van der Waals surface area contributed by atoms with Crippen LogP contribution in [0.4, 0.5) is 5.69 Å². The summed E-state index contributed by atoms with van der Waals surface area (Å²) in [5, 5.41) is 3.38. The van der Waals surface area contributed by atoms with E-state index in [-0.39, 0.29) is 17.3 Å². The van der Waals surface area contributed by atoms with Crippen molar-refractivity contribution in [1.29, 1.82) is 0 Å². The number of rotatable bonds is 13. The molecule has 0 aliphatic carbocycles. The lowest BCUT2D eigenvalue weighted by molar-refractivity contribution is -0.139. The van der Waals surface area contributed by atoms with Crippen molar-refractivity contribution in [2.45, 2.75) is 56.0 Å². The Kier molecular flexibility index (Phi) is 11.5. The van der Waals surface area contributed by atoms with Crippen molar-refractivity contribution in [3.8, 4) is 0 Å². The Morgan fingerprint density at radius 1 is 1.02 bits per heavy atom. The van der Waals surface area contributed by atoms with Gasteiger partial charge in [-0.1, -0.05) is 54.8 Å². The number of nitrogens with zero attached hydrogens (tertiary/aromatic N) is 2. The molecular formula is C30H36ClN3O4S2. The molecule has 1 N–H and O–H groups in total. The number of amides is 2. The molecule has 214 valence electrons. The Hall–Kier alpha value is -3.01. The summed E-state index contributed by atoms with van der Waals surface area (Å²) < 4.78 is 28.9. The van der Waals surface area contributed by atoms with Crippen molar-refractivity contribution in [3.63, 3.8) is 0 Å². The lowest BCUT2D eigenvalue weighted by Gasteiger charge is -2.32. The second kappa shape index (κ2) is 14.6. The number of halogens is 1. The average Bonchev–Trinajstić information content (AvgIpc) is 2.94. The predicted octanol–water partition coefficient (Wildman–Crippen LogP) is 5.90. The lowest BCUT2D eigenvalue weighted by atomic mass is 10.1. The van der Waals surface area contributed by atoms with Gasteiger partial charge in [0.1, 0.15) is 12.6 Å². The Labute approximate surface area is 247 Å². The summed E-state index contributed by atoms with van der Waals surface area (Å²) in [5.41, 5.74) is 2.04. The van der Waals surface area contributed by atoms with Gasteiger partial charge in [0.2, 0.25) is 11.8 Å². The van der Waals surface area contributed by atoms with Gasteiger partial charge in [0.05, 0.1) is 10.6 Å². The first-order chi connectivity index (χ1) is 19.1. The van der Waals surface area contributed by atoms with E-state index in [0.717, 1.165) is 33.2 Å². The summed E-state index contributed by atoms with van der Waals surface area (Å²) in [7, 11) is -4.11. The maximum atomic E-state index is 13.9. The van der Waals surface area contributed by atoms with Crippen LogP contribution in [0.1, 0.15) is 37.8 Å². The van der Waals surface area contributed by atoms with Gasteiger partial charge in [0.25, 0.3) is 10.0 Å². The number of thioether (sulfide) groups is 1. The Bertz CT molecular complexity index is 1400. The molecule has 3 aromatic carbocycles. The quantitative estimate of drug-likeness (QED) is 0.195. The number of anilines is 1. The van der Waals surface area contributed by atoms with Crippen LogP contribution in [0, 0.1) is 6.92 Å². The molecular weight excluding hydrogens is 566 g/mol. The van der Waals surface area contributed by atoms with E-state index < -0.39 is 28.5 Å². The lowest BCUT2D eigenvalue weighted by Crippen LogP contribution is -2.51. The first kappa shape index (κ1) is 31.5. The smallest absolute Gasteiger partial charge is 0.264 e. The van der Waals surface area contributed by atoms with Crippen LogP contribution in [0.15, 0.2) is 82.6 Å². The molecule has 0 heterocycles. The third-order valence-corrected chi connectivity index (χ3v) is 9.25. The predicted molar refractivity (Wildman–Crippen MR) is 163 cm³/mol. The molecule has 3 aromatic rings. The van der Waals surface area contributed by atoms with Gasteiger partial charge in [0.15, 0.2) is 0 Å². The highest BCUT2D eigenvalue weighted by Crippen LogP contribution is 2.26. The molecule has 10 heteroatoms. The molecule has 40 heavy (non-hydrogen) atoms. The number of carbonyl (C=O) groups is 2. The highest BCUT2D eigenvalue weighted by molar-refractivity contribution is 7.98. The standard InChI is InChI=1S/C30H36ClN3O4S2/c1-5-6-18-32-30(36)23(3)33(20-24-8-7-9-25(31)19-24)29(35)21-34(26-12-10-22(2)11-13-26)40(37,38)28-16-14-27(39-4)15-17-28/h7-17,19,23H,5-6,18,20-21H2,1-4H3,(H,32,36). The zero-order valence-corrected chi connectivity index (χ0v) is 25.7. The number of nitrogens with one attached hydrogen (secondary N) is 1. The first-order valence-corrected chi connectivity index (χ1v) is 16.2. The normalized spacial score (nSPS) is 12.0. The van der Waals surface area contributed by atoms with E-state index >= 15 is 0 Å². The highest BCUT2D eigenvalue weighted by atomic mass is 35.5. The number of hydrogen-bond donors (Lipinski definition) is 1. The Morgan fingerprint density at radius 2 is 1.70 bits per heavy atom. The fourth-order valence-electron chi connectivity index (χ4n) is 4.07. The van der Waals surface area contributed by atoms with Gasteiger partial charge in [0, 0.05) is 23.0 Å². The third kappa shape index (κ3) is 8.25. The van der Waals surface area contributed by atoms with Crippen LogP contribution >= 0.6 is 23.4 Å². The number of sulfonamides is 1. The minimum atomic E-state index is -4.11. The van der Waals surface area contributed by atoms with Crippen LogP contribution in [0.3, 0.4) is 0 Å². The topological polar surface area (TPSA) is 86.8 Å². The van der Waals surface area contributed by atoms with Gasteiger partial charge in [-0.3, -0.25) is 13.9 Å². The number of hydrogen-bond acceptors (Lipinski definition) is 5. The van der Waals surface area contributed by atoms with Crippen LogP contribution in [-0.2, 0) is 26.2 Å². The van der Waals surface area contributed by atoms with E-state index in [1.807, 2.05) is 26.2 Å².